The fraction of sp³-hybridized carbons (Fsp3) is 0.385. The largest absolute Gasteiger partial charge is 0.310 e. The summed E-state index contributed by atoms with van der Waals surface area (Å²) < 4.78 is 2.41. The number of rotatable bonds is 1. The van der Waals surface area contributed by atoms with E-state index in [-0.39, 0.29) is 0 Å². The molecule has 1 heterocycles. The molecule has 0 saturated heterocycles. The molecule has 4 rings (SSSR count). The van der Waals surface area contributed by atoms with Gasteiger partial charge in [-0.25, -0.2) is 0 Å². The molecule has 2 aliphatic rings. The Bertz CT molecular complexity index is 797. The summed E-state index contributed by atoms with van der Waals surface area (Å²) in [7, 11) is 0. The summed E-state index contributed by atoms with van der Waals surface area (Å²) in [5.74, 6) is 0. The van der Waals surface area contributed by atoms with Crippen molar-refractivity contribution in [2.24, 2.45) is 0 Å². The van der Waals surface area contributed by atoms with Crippen molar-refractivity contribution in [3.63, 3.8) is 0 Å². The molecule has 0 atom stereocenters. The zero-order valence-electron chi connectivity index (χ0n) is 18.1. The third-order valence-electron chi connectivity index (χ3n) is 4.25. The van der Waals surface area contributed by atoms with E-state index in [4.69, 9.17) is 0 Å². The molecule has 1 aromatic heterocycles. The Labute approximate surface area is 166 Å². The van der Waals surface area contributed by atoms with Crippen molar-refractivity contribution in [2.45, 2.75) is 67.2 Å². The third-order valence-corrected chi connectivity index (χ3v) is 4.25. The van der Waals surface area contributed by atoms with Crippen LogP contribution in [0.1, 0.15) is 78.5 Å². The maximum atomic E-state index is 2.41. The standard InChI is InChI=1S/C20H19N.3C2H6/c1-2-7-14-19-17(12-6-1)18-13-8-9-15-20(18)21(19)16-10-4-3-5-11-16;3*1-2/h4,6-15H,1-3,5H2;3*1-2H3/b12-6-,14-7-;;;. The van der Waals surface area contributed by atoms with E-state index < -0.39 is 0 Å². The summed E-state index contributed by atoms with van der Waals surface area (Å²) in [4.78, 5) is 0. The minimum Gasteiger partial charge on any atom is -0.310 e. The molecule has 1 nitrogen and oxygen atoms in total. The van der Waals surface area contributed by atoms with E-state index in [1.807, 2.05) is 41.5 Å². The SMILES string of the molecule is C1=CC(n2c3c(c4ccccc42)/C=C\CC/C=C\3)=CCC1.CC.CC.CC. The number of hydrogen-bond donors (Lipinski definition) is 0. The van der Waals surface area contributed by atoms with Gasteiger partial charge in [0, 0.05) is 16.6 Å². The first kappa shape index (κ1) is 22.8. The van der Waals surface area contributed by atoms with Gasteiger partial charge in [0.1, 0.15) is 0 Å². The Morgan fingerprint density at radius 3 is 1.93 bits per heavy atom. The van der Waals surface area contributed by atoms with E-state index in [0.717, 1.165) is 25.7 Å². The quantitative estimate of drug-likeness (QED) is 0.477. The topological polar surface area (TPSA) is 4.93 Å². The van der Waals surface area contributed by atoms with E-state index in [9.17, 15) is 0 Å². The van der Waals surface area contributed by atoms with Crippen molar-refractivity contribution in [1.29, 1.82) is 0 Å². The van der Waals surface area contributed by atoms with Crippen LogP contribution < -0.4 is 0 Å². The van der Waals surface area contributed by atoms with Gasteiger partial charge in [-0.1, -0.05) is 90.1 Å². The molecule has 0 N–H and O–H groups in total. The molecule has 2 aromatic rings. The molecule has 1 heteroatoms. The zero-order valence-corrected chi connectivity index (χ0v) is 18.1. The minimum atomic E-state index is 1.12. The van der Waals surface area contributed by atoms with Crippen molar-refractivity contribution in [3.05, 3.63) is 65.9 Å². The maximum Gasteiger partial charge on any atom is 0.0540 e. The van der Waals surface area contributed by atoms with Crippen LogP contribution in [0.4, 0.5) is 0 Å². The number of allylic oxidation sites excluding steroid dienone is 6. The van der Waals surface area contributed by atoms with Crippen LogP contribution >= 0.6 is 0 Å². The third kappa shape index (κ3) is 5.35. The van der Waals surface area contributed by atoms with Crippen LogP contribution in [0.5, 0.6) is 0 Å². The van der Waals surface area contributed by atoms with Crippen LogP contribution in [0, 0.1) is 0 Å². The van der Waals surface area contributed by atoms with Crippen LogP contribution in [-0.2, 0) is 0 Å². The van der Waals surface area contributed by atoms with Gasteiger partial charge in [-0.2, -0.15) is 0 Å². The Hall–Kier alpha value is -2.28. The van der Waals surface area contributed by atoms with E-state index in [1.165, 1.54) is 27.9 Å². The van der Waals surface area contributed by atoms with Gasteiger partial charge >= 0.3 is 0 Å². The van der Waals surface area contributed by atoms with Gasteiger partial charge in [-0.3, -0.25) is 0 Å². The van der Waals surface area contributed by atoms with E-state index in [0.29, 0.717) is 0 Å². The van der Waals surface area contributed by atoms with Crippen molar-refractivity contribution in [2.75, 3.05) is 0 Å². The number of hydrogen-bond acceptors (Lipinski definition) is 0. The first-order chi connectivity index (χ1) is 13.4. The van der Waals surface area contributed by atoms with Crippen molar-refractivity contribution in [1.82, 2.24) is 4.57 Å². The second-order valence-corrected chi connectivity index (χ2v) is 5.64. The fourth-order valence-corrected chi connectivity index (χ4v) is 3.26. The molecule has 0 saturated carbocycles. The lowest BCUT2D eigenvalue weighted by atomic mass is 10.1. The molecule has 0 amide bonds. The Kier molecular flexibility index (Phi) is 10.9. The lowest BCUT2D eigenvalue weighted by molar-refractivity contribution is 1.01. The molecule has 27 heavy (non-hydrogen) atoms. The predicted octanol–water partition coefficient (Wildman–Crippen LogP) is 8.73. The van der Waals surface area contributed by atoms with Gasteiger partial charge in [0.15, 0.2) is 0 Å². The van der Waals surface area contributed by atoms with E-state index in [2.05, 4.69) is 71.4 Å². The summed E-state index contributed by atoms with van der Waals surface area (Å²) >= 11 is 0. The fourth-order valence-electron chi connectivity index (χ4n) is 3.26. The van der Waals surface area contributed by atoms with Gasteiger partial charge < -0.3 is 4.57 Å². The zero-order chi connectivity index (χ0) is 20.1. The van der Waals surface area contributed by atoms with Crippen molar-refractivity contribution in [3.8, 4) is 0 Å². The number of aromatic nitrogens is 1. The molecule has 0 spiro atoms. The van der Waals surface area contributed by atoms with Crippen molar-refractivity contribution >= 4 is 28.8 Å². The Morgan fingerprint density at radius 1 is 0.667 bits per heavy atom. The van der Waals surface area contributed by atoms with Gasteiger partial charge in [0.2, 0.25) is 0 Å². The van der Waals surface area contributed by atoms with Crippen LogP contribution in [0.3, 0.4) is 0 Å². The molecular weight excluding hydrogens is 326 g/mol. The molecule has 146 valence electrons. The number of para-hydroxylation sites is 1. The minimum absolute atomic E-state index is 1.12. The van der Waals surface area contributed by atoms with Crippen LogP contribution in [0.2, 0.25) is 0 Å². The summed E-state index contributed by atoms with van der Waals surface area (Å²) in [6, 6.07) is 8.73. The van der Waals surface area contributed by atoms with Crippen LogP contribution in [-0.4, -0.2) is 4.57 Å². The number of fused-ring (bicyclic) bond motifs is 3. The molecule has 0 aliphatic heterocycles. The highest BCUT2D eigenvalue weighted by molar-refractivity contribution is 5.97. The van der Waals surface area contributed by atoms with Gasteiger partial charge in [-0.15, -0.1) is 0 Å². The molecule has 2 aliphatic carbocycles. The number of benzene rings is 1. The predicted molar refractivity (Wildman–Crippen MR) is 126 cm³/mol. The molecule has 0 unspecified atom stereocenters. The van der Waals surface area contributed by atoms with E-state index >= 15 is 0 Å². The van der Waals surface area contributed by atoms with Crippen LogP contribution in [0.15, 0.2) is 54.6 Å². The Balaban J connectivity index is 0.000000556. The Morgan fingerprint density at radius 2 is 1.26 bits per heavy atom. The maximum absolute atomic E-state index is 2.41. The molecular formula is C26H37N. The molecule has 0 fully saturated rings. The van der Waals surface area contributed by atoms with Gasteiger partial charge in [0.05, 0.1) is 11.2 Å². The smallest absolute Gasteiger partial charge is 0.0540 e. The second kappa shape index (κ2) is 13.0. The average Bonchev–Trinajstić information content (AvgIpc) is 3.05. The van der Waals surface area contributed by atoms with Crippen molar-refractivity contribution < 1.29 is 0 Å². The van der Waals surface area contributed by atoms with Crippen LogP contribution in [0.25, 0.3) is 28.8 Å². The normalized spacial score (nSPS) is 16.6. The summed E-state index contributed by atoms with van der Waals surface area (Å²) in [6.07, 6.45) is 20.6. The lowest BCUT2D eigenvalue weighted by Gasteiger charge is -2.13. The number of nitrogens with zero attached hydrogens (tertiary/aromatic N) is 1. The lowest BCUT2D eigenvalue weighted by Crippen LogP contribution is -2.00. The summed E-state index contributed by atoms with van der Waals surface area (Å²) in [5, 5.41) is 1.34. The molecule has 0 bridgehead atoms. The highest BCUT2D eigenvalue weighted by atomic mass is 15.0. The molecule has 0 radical (unpaired) electrons. The highest BCUT2D eigenvalue weighted by Crippen LogP contribution is 2.33. The average molecular weight is 364 g/mol. The second-order valence-electron chi connectivity index (χ2n) is 5.64. The first-order valence-corrected chi connectivity index (χ1v) is 10.8. The molecule has 1 aromatic carbocycles. The summed E-state index contributed by atoms with van der Waals surface area (Å²) in [6.45, 7) is 12.0. The van der Waals surface area contributed by atoms with Gasteiger partial charge in [-0.05, 0) is 43.9 Å². The summed E-state index contributed by atoms with van der Waals surface area (Å²) in [5.41, 5.74) is 5.26. The monoisotopic (exact) mass is 363 g/mol. The van der Waals surface area contributed by atoms with E-state index in [1.54, 1.807) is 0 Å². The van der Waals surface area contributed by atoms with Gasteiger partial charge in [0.25, 0.3) is 0 Å². The first-order valence-electron chi connectivity index (χ1n) is 10.8. The highest BCUT2D eigenvalue weighted by Gasteiger charge is 2.16.